The third-order valence-corrected chi connectivity index (χ3v) is 2.65. The van der Waals surface area contributed by atoms with E-state index in [2.05, 4.69) is 4.98 Å². The number of hydrogen-bond acceptors (Lipinski definition) is 3. The third-order valence-electron chi connectivity index (χ3n) is 2.44. The maximum atomic E-state index is 5.84. The maximum Gasteiger partial charge on any atom is 0.126 e. The van der Waals surface area contributed by atoms with E-state index in [0.29, 0.717) is 10.8 Å². The highest BCUT2D eigenvalue weighted by molar-refractivity contribution is 6.30. The lowest BCUT2D eigenvalue weighted by atomic mass is 10.1. The summed E-state index contributed by atoms with van der Waals surface area (Å²) in [5.41, 5.74) is 6.73. The summed E-state index contributed by atoms with van der Waals surface area (Å²) < 4.78 is 5.53. The first-order chi connectivity index (χ1) is 6.75. The molecule has 0 amide bonds. The predicted octanol–water partition coefficient (Wildman–Crippen LogP) is 2.04. The summed E-state index contributed by atoms with van der Waals surface area (Å²) >= 11 is 5.84. The first-order valence-electron chi connectivity index (χ1n) is 4.77. The van der Waals surface area contributed by atoms with Gasteiger partial charge in [-0.05, 0) is 24.5 Å². The van der Waals surface area contributed by atoms with Crippen molar-refractivity contribution in [3.8, 4) is 0 Å². The van der Waals surface area contributed by atoms with Crippen molar-refractivity contribution in [2.75, 3.05) is 12.3 Å². The van der Waals surface area contributed by atoms with Crippen LogP contribution in [0.1, 0.15) is 18.4 Å². The van der Waals surface area contributed by atoms with E-state index >= 15 is 0 Å². The van der Waals surface area contributed by atoms with Crippen molar-refractivity contribution in [3.05, 3.63) is 22.8 Å². The van der Waals surface area contributed by atoms with Crippen LogP contribution in [-0.4, -0.2) is 17.7 Å². The molecule has 14 heavy (non-hydrogen) atoms. The lowest BCUT2D eigenvalue weighted by Crippen LogP contribution is -2.11. The van der Waals surface area contributed by atoms with E-state index in [9.17, 15) is 0 Å². The topological polar surface area (TPSA) is 48.1 Å². The van der Waals surface area contributed by atoms with Crippen molar-refractivity contribution in [2.24, 2.45) is 0 Å². The van der Waals surface area contributed by atoms with Crippen molar-refractivity contribution < 1.29 is 4.74 Å². The minimum Gasteiger partial charge on any atom is -0.383 e. The van der Waals surface area contributed by atoms with Crippen molar-refractivity contribution in [1.29, 1.82) is 0 Å². The zero-order chi connectivity index (χ0) is 9.97. The van der Waals surface area contributed by atoms with E-state index < -0.39 is 0 Å². The number of rotatable bonds is 2. The molecule has 0 aromatic carbocycles. The fourth-order valence-electron chi connectivity index (χ4n) is 1.71. The maximum absolute atomic E-state index is 5.84. The van der Waals surface area contributed by atoms with Gasteiger partial charge >= 0.3 is 0 Å². The molecule has 76 valence electrons. The summed E-state index contributed by atoms with van der Waals surface area (Å²) in [6.45, 7) is 0.860. The number of ether oxygens (including phenoxy) is 1. The molecule has 2 rings (SSSR count). The molecular formula is C10H13ClN2O. The Morgan fingerprint density at radius 1 is 1.64 bits per heavy atom. The molecule has 0 radical (unpaired) electrons. The molecule has 1 aromatic rings. The van der Waals surface area contributed by atoms with Crippen molar-refractivity contribution in [1.82, 2.24) is 4.98 Å². The summed E-state index contributed by atoms with van der Waals surface area (Å²) in [6.07, 6.45) is 4.91. The highest BCUT2D eigenvalue weighted by atomic mass is 35.5. The number of nitrogens with two attached hydrogens (primary N) is 1. The normalized spacial score (nSPS) is 21.4. The van der Waals surface area contributed by atoms with E-state index in [1.165, 1.54) is 0 Å². The molecular weight excluding hydrogens is 200 g/mol. The summed E-state index contributed by atoms with van der Waals surface area (Å²) in [5.74, 6) is 0.560. The van der Waals surface area contributed by atoms with E-state index in [0.717, 1.165) is 31.4 Å². The van der Waals surface area contributed by atoms with Crippen LogP contribution in [0.25, 0.3) is 0 Å². The van der Waals surface area contributed by atoms with E-state index in [1.54, 1.807) is 6.20 Å². The van der Waals surface area contributed by atoms with Crippen LogP contribution in [0.3, 0.4) is 0 Å². The molecule has 0 bridgehead atoms. The van der Waals surface area contributed by atoms with Gasteiger partial charge < -0.3 is 10.5 Å². The average molecular weight is 213 g/mol. The molecule has 1 saturated heterocycles. The Morgan fingerprint density at radius 3 is 3.21 bits per heavy atom. The number of hydrogen-bond donors (Lipinski definition) is 1. The van der Waals surface area contributed by atoms with Crippen molar-refractivity contribution >= 4 is 17.4 Å². The molecule has 1 atom stereocenters. The smallest absolute Gasteiger partial charge is 0.126 e. The van der Waals surface area contributed by atoms with Crippen LogP contribution in [0.5, 0.6) is 0 Å². The molecule has 2 N–H and O–H groups in total. The average Bonchev–Trinajstić information content (AvgIpc) is 2.64. The van der Waals surface area contributed by atoms with Gasteiger partial charge in [-0.25, -0.2) is 4.98 Å². The van der Waals surface area contributed by atoms with Gasteiger partial charge in [0, 0.05) is 19.2 Å². The summed E-state index contributed by atoms with van der Waals surface area (Å²) in [6, 6.07) is 1.87. The fourth-order valence-corrected chi connectivity index (χ4v) is 1.89. The summed E-state index contributed by atoms with van der Waals surface area (Å²) in [4.78, 5) is 4.01. The quantitative estimate of drug-likeness (QED) is 0.816. The van der Waals surface area contributed by atoms with Crippen LogP contribution in [0, 0.1) is 0 Å². The van der Waals surface area contributed by atoms with Crippen molar-refractivity contribution in [2.45, 2.75) is 25.4 Å². The van der Waals surface area contributed by atoms with Crippen molar-refractivity contribution in [3.63, 3.8) is 0 Å². The Bertz CT molecular complexity index is 324. The van der Waals surface area contributed by atoms with Gasteiger partial charge in [0.25, 0.3) is 0 Å². The molecule has 1 aliphatic heterocycles. The number of pyridine rings is 1. The zero-order valence-corrected chi connectivity index (χ0v) is 8.63. The number of nitrogen functional groups attached to an aromatic ring is 1. The van der Waals surface area contributed by atoms with Crippen LogP contribution in [0.15, 0.2) is 12.3 Å². The van der Waals surface area contributed by atoms with E-state index in [4.69, 9.17) is 22.1 Å². The van der Waals surface area contributed by atoms with Crippen LogP contribution in [0.4, 0.5) is 5.82 Å². The van der Waals surface area contributed by atoms with Gasteiger partial charge in [-0.15, -0.1) is 0 Å². The molecule has 1 unspecified atom stereocenters. The lowest BCUT2D eigenvalue weighted by Gasteiger charge is -2.10. The second-order valence-corrected chi connectivity index (χ2v) is 3.97. The molecule has 4 heteroatoms. The monoisotopic (exact) mass is 212 g/mol. The number of anilines is 1. The number of halogens is 1. The Labute approximate surface area is 88.2 Å². The molecule has 3 nitrogen and oxygen atoms in total. The second-order valence-electron chi connectivity index (χ2n) is 3.54. The zero-order valence-electron chi connectivity index (χ0n) is 7.87. The van der Waals surface area contributed by atoms with Crippen LogP contribution in [-0.2, 0) is 11.2 Å². The first kappa shape index (κ1) is 9.74. The summed E-state index contributed by atoms with van der Waals surface area (Å²) in [7, 11) is 0. The Hall–Kier alpha value is -0.800. The molecule has 0 saturated carbocycles. The minimum absolute atomic E-state index is 0.289. The Morgan fingerprint density at radius 2 is 2.50 bits per heavy atom. The Kier molecular flexibility index (Phi) is 2.89. The van der Waals surface area contributed by atoms with Crippen LogP contribution < -0.4 is 5.73 Å². The van der Waals surface area contributed by atoms with Gasteiger partial charge in [0.1, 0.15) is 5.82 Å². The highest BCUT2D eigenvalue weighted by Gasteiger charge is 2.17. The number of aromatic nitrogens is 1. The number of nitrogens with zero attached hydrogens (tertiary/aromatic N) is 1. The van der Waals surface area contributed by atoms with Gasteiger partial charge in [-0.1, -0.05) is 11.6 Å². The summed E-state index contributed by atoms with van der Waals surface area (Å²) in [5, 5.41) is 0.632. The minimum atomic E-state index is 0.289. The van der Waals surface area contributed by atoms with E-state index in [-0.39, 0.29) is 6.10 Å². The molecule has 1 aromatic heterocycles. The molecule has 1 fully saturated rings. The van der Waals surface area contributed by atoms with Gasteiger partial charge in [0.2, 0.25) is 0 Å². The van der Waals surface area contributed by atoms with Gasteiger partial charge in [0.05, 0.1) is 11.1 Å². The first-order valence-corrected chi connectivity index (χ1v) is 5.15. The molecule has 0 aliphatic carbocycles. The van der Waals surface area contributed by atoms with E-state index in [1.807, 2.05) is 6.07 Å². The van der Waals surface area contributed by atoms with Gasteiger partial charge in [-0.3, -0.25) is 0 Å². The van der Waals surface area contributed by atoms with Crippen LogP contribution in [0.2, 0.25) is 5.02 Å². The SMILES string of the molecule is Nc1ncc(Cl)cc1CC1CCCO1. The van der Waals surface area contributed by atoms with Crippen LogP contribution >= 0.6 is 11.6 Å². The second kappa shape index (κ2) is 4.15. The standard InChI is InChI=1S/C10H13ClN2O/c11-8-4-7(10(12)13-6-8)5-9-2-1-3-14-9/h4,6,9H,1-3,5H2,(H2,12,13). The Balaban J connectivity index is 2.10. The third kappa shape index (κ3) is 2.16. The predicted molar refractivity (Wildman–Crippen MR) is 56.3 cm³/mol. The largest absolute Gasteiger partial charge is 0.383 e. The van der Waals surface area contributed by atoms with Gasteiger partial charge in [-0.2, -0.15) is 0 Å². The highest BCUT2D eigenvalue weighted by Crippen LogP contribution is 2.21. The molecule has 1 aliphatic rings. The fraction of sp³-hybridized carbons (Fsp3) is 0.500. The van der Waals surface area contributed by atoms with Gasteiger partial charge in [0.15, 0.2) is 0 Å². The molecule has 0 spiro atoms. The lowest BCUT2D eigenvalue weighted by molar-refractivity contribution is 0.111. The molecule has 2 heterocycles.